The van der Waals surface area contributed by atoms with E-state index in [9.17, 15) is 22.4 Å². The quantitative estimate of drug-likeness (QED) is 0.691. The highest BCUT2D eigenvalue weighted by atomic mass is 19.4. The molecule has 3 aromatic rings. The average Bonchev–Trinajstić information content (AvgIpc) is 2.91. The third kappa shape index (κ3) is 3.42. The number of pyridine rings is 1. The van der Waals surface area contributed by atoms with Crippen LogP contribution in [0.15, 0.2) is 35.3 Å². The van der Waals surface area contributed by atoms with E-state index in [-0.39, 0.29) is 5.69 Å². The van der Waals surface area contributed by atoms with Crippen molar-refractivity contribution in [2.75, 3.05) is 19.6 Å². The van der Waals surface area contributed by atoms with Crippen molar-refractivity contribution in [2.45, 2.75) is 25.8 Å². The molecule has 0 atom stereocenters. The molecule has 0 aliphatic carbocycles. The van der Waals surface area contributed by atoms with Gasteiger partial charge in [0, 0.05) is 37.9 Å². The molecule has 9 heteroatoms. The van der Waals surface area contributed by atoms with Crippen molar-refractivity contribution in [3.63, 3.8) is 0 Å². The SMILES string of the molecule is Cc1ccc(C(F)(F)F)cc1-c1cnc2[nH]c(=O)n(CCN3CC(F)C3)c2c1. The smallest absolute Gasteiger partial charge is 0.296 e. The summed E-state index contributed by atoms with van der Waals surface area (Å²) < 4.78 is 53.7. The normalized spacial score (nSPS) is 15.9. The fraction of sp³-hybridized carbons (Fsp3) is 0.368. The molecular formula is C19H18F4N4O. The van der Waals surface area contributed by atoms with Gasteiger partial charge in [0.1, 0.15) is 6.17 Å². The molecule has 1 fully saturated rings. The molecule has 28 heavy (non-hydrogen) atoms. The van der Waals surface area contributed by atoms with Gasteiger partial charge in [0.25, 0.3) is 0 Å². The Kier molecular flexibility index (Phi) is 4.49. The minimum absolute atomic E-state index is 0.345. The van der Waals surface area contributed by atoms with Gasteiger partial charge in [0.2, 0.25) is 0 Å². The molecule has 1 aliphatic heterocycles. The largest absolute Gasteiger partial charge is 0.416 e. The third-order valence-corrected chi connectivity index (χ3v) is 5.06. The minimum Gasteiger partial charge on any atom is -0.296 e. The van der Waals surface area contributed by atoms with Gasteiger partial charge >= 0.3 is 11.9 Å². The number of fused-ring (bicyclic) bond motifs is 1. The predicted octanol–water partition coefficient (Wildman–Crippen LogP) is 3.37. The number of alkyl halides is 4. The van der Waals surface area contributed by atoms with E-state index < -0.39 is 17.9 Å². The number of aryl methyl sites for hydroxylation is 1. The summed E-state index contributed by atoms with van der Waals surface area (Å²) in [6, 6.07) is 5.22. The Morgan fingerprint density at radius 2 is 1.96 bits per heavy atom. The Morgan fingerprint density at radius 3 is 2.64 bits per heavy atom. The Balaban J connectivity index is 1.71. The summed E-state index contributed by atoms with van der Waals surface area (Å²) in [6.07, 6.45) is -3.81. The van der Waals surface area contributed by atoms with Crippen LogP contribution in [-0.2, 0) is 12.7 Å². The van der Waals surface area contributed by atoms with Crippen molar-refractivity contribution >= 4 is 11.2 Å². The zero-order chi connectivity index (χ0) is 20.1. The zero-order valence-electron chi connectivity index (χ0n) is 15.1. The van der Waals surface area contributed by atoms with Gasteiger partial charge < -0.3 is 0 Å². The molecule has 0 radical (unpaired) electrons. The number of hydrogen-bond acceptors (Lipinski definition) is 3. The summed E-state index contributed by atoms with van der Waals surface area (Å²) >= 11 is 0. The van der Waals surface area contributed by atoms with Gasteiger partial charge in [-0.15, -0.1) is 0 Å². The number of rotatable bonds is 4. The van der Waals surface area contributed by atoms with Gasteiger partial charge in [-0.05, 0) is 36.2 Å². The fourth-order valence-corrected chi connectivity index (χ4v) is 3.44. The van der Waals surface area contributed by atoms with Crippen LogP contribution in [-0.4, -0.2) is 45.2 Å². The standard InChI is InChI=1S/C19H18F4N4O/c1-11-2-3-13(19(21,22)23)7-15(11)12-6-16-17(24-8-12)25-18(28)27(16)5-4-26-9-14(20)10-26/h2-3,6-8,14H,4-5,9-10H2,1H3,(H,24,25,28). The maximum atomic E-state index is 13.1. The predicted molar refractivity (Wildman–Crippen MR) is 96.9 cm³/mol. The molecule has 0 saturated carbocycles. The Morgan fingerprint density at radius 1 is 1.21 bits per heavy atom. The highest BCUT2D eigenvalue weighted by Gasteiger charge is 2.31. The maximum absolute atomic E-state index is 13.1. The molecule has 1 N–H and O–H groups in total. The number of likely N-dealkylation sites (tertiary alicyclic amines) is 1. The van der Waals surface area contributed by atoms with E-state index in [1.54, 1.807) is 13.0 Å². The molecule has 5 nitrogen and oxygen atoms in total. The molecule has 4 rings (SSSR count). The third-order valence-electron chi connectivity index (χ3n) is 5.06. The van der Waals surface area contributed by atoms with E-state index in [2.05, 4.69) is 9.97 Å². The first-order valence-corrected chi connectivity index (χ1v) is 8.85. The summed E-state index contributed by atoms with van der Waals surface area (Å²) in [5, 5.41) is 0. The van der Waals surface area contributed by atoms with Crippen molar-refractivity contribution < 1.29 is 17.6 Å². The Hall–Kier alpha value is -2.68. The maximum Gasteiger partial charge on any atom is 0.416 e. The van der Waals surface area contributed by atoms with Crippen LogP contribution in [0.5, 0.6) is 0 Å². The van der Waals surface area contributed by atoms with Crippen LogP contribution in [0.25, 0.3) is 22.3 Å². The molecule has 0 unspecified atom stereocenters. The fourth-order valence-electron chi connectivity index (χ4n) is 3.44. The first kappa shape index (κ1) is 18.7. The second-order valence-electron chi connectivity index (χ2n) is 7.06. The van der Waals surface area contributed by atoms with Gasteiger partial charge in [-0.25, -0.2) is 14.2 Å². The van der Waals surface area contributed by atoms with E-state index in [1.807, 2.05) is 4.90 Å². The lowest BCUT2D eigenvalue weighted by Gasteiger charge is -2.34. The monoisotopic (exact) mass is 394 g/mol. The van der Waals surface area contributed by atoms with Crippen molar-refractivity contribution in [2.24, 2.45) is 0 Å². The van der Waals surface area contributed by atoms with Gasteiger partial charge in [0.05, 0.1) is 11.1 Å². The molecular weight excluding hydrogens is 376 g/mol. The van der Waals surface area contributed by atoms with Crippen LogP contribution in [0.2, 0.25) is 0 Å². The van der Waals surface area contributed by atoms with Gasteiger partial charge in [-0.1, -0.05) is 6.07 Å². The van der Waals surface area contributed by atoms with E-state index in [0.29, 0.717) is 54.0 Å². The van der Waals surface area contributed by atoms with Crippen LogP contribution >= 0.6 is 0 Å². The number of halogens is 4. The topological polar surface area (TPSA) is 53.9 Å². The van der Waals surface area contributed by atoms with Crippen LogP contribution in [0.1, 0.15) is 11.1 Å². The number of benzene rings is 1. The minimum atomic E-state index is -4.44. The van der Waals surface area contributed by atoms with Crippen LogP contribution < -0.4 is 5.69 Å². The second-order valence-corrected chi connectivity index (χ2v) is 7.06. The zero-order valence-corrected chi connectivity index (χ0v) is 15.1. The lowest BCUT2D eigenvalue weighted by molar-refractivity contribution is -0.137. The van der Waals surface area contributed by atoms with Crippen molar-refractivity contribution in [3.05, 3.63) is 52.1 Å². The molecule has 0 bridgehead atoms. The lowest BCUT2D eigenvalue weighted by Crippen LogP contribution is -2.49. The number of nitrogens with zero attached hydrogens (tertiary/aromatic N) is 3. The summed E-state index contributed by atoms with van der Waals surface area (Å²) in [7, 11) is 0. The van der Waals surface area contributed by atoms with E-state index >= 15 is 0 Å². The van der Waals surface area contributed by atoms with E-state index in [0.717, 1.165) is 12.1 Å². The lowest BCUT2D eigenvalue weighted by atomic mass is 9.99. The Bertz CT molecular complexity index is 1080. The van der Waals surface area contributed by atoms with Crippen molar-refractivity contribution in [1.82, 2.24) is 19.4 Å². The molecule has 148 valence electrons. The molecule has 3 heterocycles. The molecule has 2 aromatic heterocycles. The highest BCUT2D eigenvalue weighted by Crippen LogP contribution is 2.34. The molecule has 1 aliphatic rings. The van der Waals surface area contributed by atoms with E-state index in [1.165, 1.54) is 16.8 Å². The first-order valence-electron chi connectivity index (χ1n) is 8.85. The highest BCUT2D eigenvalue weighted by molar-refractivity contribution is 5.79. The number of nitrogens with one attached hydrogen (secondary N) is 1. The summed E-state index contributed by atoms with van der Waals surface area (Å²) in [4.78, 5) is 21.0. The molecule has 0 spiro atoms. The van der Waals surface area contributed by atoms with E-state index in [4.69, 9.17) is 0 Å². The number of H-pyrrole nitrogens is 1. The summed E-state index contributed by atoms with van der Waals surface area (Å²) in [5.41, 5.74) is 1.37. The summed E-state index contributed by atoms with van der Waals surface area (Å²) in [5.74, 6) is 0. The van der Waals surface area contributed by atoms with Crippen LogP contribution in [0.3, 0.4) is 0 Å². The molecule has 1 saturated heterocycles. The number of hydrogen-bond donors (Lipinski definition) is 1. The van der Waals surface area contributed by atoms with Crippen LogP contribution in [0, 0.1) is 6.92 Å². The van der Waals surface area contributed by atoms with Crippen molar-refractivity contribution in [1.29, 1.82) is 0 Å². The molecule has 0 amide bonds. The number of aromatic nitrogens is 3. The first-order chi connectivity index (χ1) is 13.2. The van der Waals surface area contributed by atoms with Crippen LogP contribution in [0.4, 0.5) is 17.6 Å². The van der Waals surface area contributed by atoms with Gasteiger partial charge in [-0.2, -0.15) is 13.2 Å². The van der Waals surface area contributed by atoms with Gasteiger partial charge in [0.15, 0.2) is 5.65 Å². The number of imidazole rings is 1. The van der Waals surface area contributed by atoms with Crippen molar-refractivity contribution in [3.8, 4) is 11.1 Å². The second kappa shape index (κ2) is 6.73. The Labute approximate surface area is 157 Å². The average molecular weight is 394 g/mol. The number of aromatic amines is 1. The summed E-state index contributed by atoms with van der Waals surface area (Å²) in [6.45, 7) is 3.29. The van der Waals surface area contributed by atoms with Gasteiger partial charge in [-0.3, -0.25) is 14.5 Å². The molecule has 1 aromatic carbocycles.